The van der Waals surface area contributed by atoms with Crippen molar-refractivity contribution in [2.24, 2.45) is 0 Å². The van der Waals surface area contributed by atoms with Crippen LogP contribution in [-0.2, 0) is 0 Å². The van der Waals surface area contributed by atoms with Gasteiger partial charge in [-0.2, -0.15) is 0 Å². The van der Waals surface area contributed by atoms with Crippen LogP contribution in [0.2, 0.25) is 0 Å². The second kappa shape index (κ2) is 9.65. The lowest BCUT2D eigenvalue weighted by atomic mass is 10.0. The molecule has 0 unspecified atom stereocenters. The van der Waals surface area contributed by atoms with Gasteiger partial charge in [-0.05, 0) is 78.5 Å². The number of rotatable bonds is 3. The van der Waals surface area contributed by atoms with Crippen molar-refractivity contribution >= 4 is 21.5 Å². The van der Waals surface area contributed by atoms with Gasteiger partial charge in [0.2, 0.25) is 0 Å². The number of terminal acetylenes is 2. The molecule has 0 saturated carbocycles. The molecule has 0 bridgehead atoms. The molecule has 154 valence electrons. The summed E-state index contributed by atoms with van der Waals surface area (Å²) >= 11 is 0. The second-order valence-electron chi connectivity index (χ2n) is 7.03. The minimum Gasteiger partial charge on any atom is -0.491 e. The summed E-state index contributed by atoms with van der Waals surface area (Å²) in [5, 5.41) is 3.42. The highest BCUT2D eigenvalue weighted by Gasteiger charge is 2.07. The Morgan fingerprint density at radius 1 is 0.806 bits per heavy atom. The van der Waals surface area contributed by atoms with Crippen LogP contribution in [0.3, 0.4) is 0 Å². The third-order valence-corrected chi connectivity index (χ3v) is 4.55. The van der Waals surface area contributed by atoms with E-state index >= 15 is 0 Å². The van der Waals surface area contributed by atoms with E-state index in [-0.39, 0.29) is 17.7 Å². The summed E-state index contributed by atoms with van der Waals surface area (Å²) in [6.07, 6.45) is 10.8. The number of hydrogen-bond acceptors (Lipinski definition) is 2. The fourth-order valence-electron chi connectivity index (χ4n) is 3.21. The van der Waals surface area contributed by atoms with Crippen molar-refractivity contribution in [3.05, 3.63) is 83.7 Å². The highest BCUT2D eigenvalue weighted by Crippen LogP contribution is 2.26. The van der Waals surface area contributed by atoms with E-state index in [0.29, 0.717) is 5.56 Å². The monoisotopic (exact) mass is 414 g/mol. The Hall–Kier alpha value is -4.02. The molecule has 0 aliphatic carbocycles. The fraction of sp³-hybridized carbons (Fsp3) is 0.111. The maximum atomic E-state index is 13.5. The first-order chi connectivity index (χ1) is 15.0. The van der Waals surface area contributed by atoms with E-state index in [9.17, 15) is 8.92 Å². The lowest BCUT2D eigenvalue weighted by Gasteiger charge is -2.11. The van der Waals surface area contributed by atoms with E-state index in [2.05, 4.69) is 16.8 Å². The van der Waals surface area contributed by atoms with Crippen molar-refractivity contribution in [2.75, 3.05) is 0 Å². The van der Waals surface area contributed by atoms with Crippen LogP contribution < -0.4 is 9.68 Å². The van der Waals surface area contributed by atoms with Crippen LogP contribution in [0.4, 0.5) is 8.92 Å². The molecule has 4 rings (SSSR count). The topological polar surface area (TPSA) is 18.5 Å². The van der Waals surface area contributed by atoms with Gasteiger partial charge in [0.05, 0.1) is 11.7 Å². The van der Waals surface area contributed by atoms with Crippen LogP contribution in [-0.4, -0.2) is 6.10 Å². The van der Waals surface area contributed by atoms with Gasteiger partial charge in [-0.25, -0.2) is 4.39 Å². The number of benzene rings is 4. The van der Waals surface area contributed by atoms with Crippen molar-refractivity contribution in [3.8, 4) is 36.2 Å². The zero-order valence-electron chi connectivity index (χ0n) is 17.2. The predicted molar refractivity (Wildman–Crippen MR) is 121 cm³/mol. The molecular weight excluding hydrogens is 394 g/mol. The van der Waals surface area contributed by atoms with Crippen molar-refractivity contribution in [1.82, 2.24) is 0 Å². The molecule has 0 aromatic heterocycles. The van der Waals surface area contributed by atoms with Gasteiger partial charge in [-0.3, -0.25) is 4.94 Å². The fourth-order valence-corrected chi connectivity index (χ4v) is 3.21. The molecule has 0 spiro atoms. The molecule has 0 heterocycles. The van der Waals surface area contributed by atoms with Crippen LogP contribution >= 0.6 is 0 Å². The Morgan fingerprint density at radius 3 is 2.16 bits per heavy atom. The van der Waals surface area contributed by atoms with E-state index in [1.807, 2.05) is 44.2 Å². The third-order valence-electron chi connectivity index (χ3n) is 4.55. The Labute approximate surface area is 180 Å². The molecule has 4 aromatic carbocycles. The van der Waals surface area contributed by atoms with Gasteiger partial charge in [0.1, 0.15) is 11.6 Å². The zero-order valence-corrected chi connectivity index (χ0v) is 17.2. The number of halogens is 2. The highest BCUT2D eigenvalue weighted by molar-refractivity contribution is 5.90. The average molecular weight is 414 g/mol. The van der Waals surface area contributed by atoms with Gasteiger partial charge in [0.25, 0.3) is 0 Å². The summed E-state index contributed by atoms with van der Waals surface area (Å²) < 4.78 is 30.9. The average Bonchev–Trinajstić information content (AvgIpc) is 2.78. The summed E-state index contributed by atoms with van der Waals surface area (Å²) in [4.78, 5) is 3.64. The molecule has 0 aliphatic heterocycles. The van der Waals surface area contributed by atoms with E-state index in [1.54, 1.807) is 30.3 Å². The van der Waals surface area contributed by atoms with Gasteiger partial charge in [0, 0.05) is 15.5 Å². The molecular formula is C27H20F2O2. The Morgan fingerprint density at radius 2 is 1.48 bits per heavy atom. The largest absolute Gasteiger partial charge is 0.491 e. The summed E-state index contributed by atoms with van der Waals surface area (Å²) in [5.41, 5.74) is 1.10. The van der Waals surface area contributed by atoms with E-state index < -0.39 is 0 Å². The van der Waals surface area contributed by atoms with Crippen LogP contribution in [0.5, 0.6) is 11.5 Å². The molecule has 31 heavy (non-hydrogen) atoms. The quantitative estimate of drug-likeness (QED) is 0.342. The minimum atomic E-state index is -0.363. The highest BCUT2D eigenvalue weighted by atomic mass is 19.3. The van der Waals surface area contributed by atoms with Crippen LogP contribution in [0.25, 0.3) is 21.5 Å². The molecule has 0 fully saturated rings. The maximum Gasteiger partial charge on any atom is 0.172 e. The summed E-state index contributed by atoms with van der Waals surface area (Å²) in [6.45, 7) is 3.92. The SMILES string of the molecule is C#Cc1c(F)ccc2cc(OC(C)C)ccc12.C#Cc1cccc2cc(OF)ccc12. The molecule has 0 radical (unpaired) electrons. The Bertz CT molecular complexity index is 1310. The standard InChI is InChI=1S/C15H13FO.C12H7FO/c1-4-13-14-7-6-12(17-10(2)3)9-11(14)5-8-15(13)16;1-2-9-4-3-5-10-8-11(14-13)6-7-12(9)10/h1,5-10H,2-3H3;1,3-8H. The molecule has 0 N–H and O–H groups in total. The van der Waals surface area contributed by atoms with Crippen LogP contribution in [0, 0.1) is 30.5 Å². The molecule has 0 saturated heterocycles. The first-order valence-corrected chi connectivity index (χ1v) is 9.60. The van der Waals surface area contributed by atoms with E-state index in [4.69, 9.17) is 17.6 Å². The molecule has 0 atom stereocenters. The Balaban J connectivity index is 0.000000179. The smallest absolute Gasteiger partial charge is 0.172 e. The van der Waals surface area contributed by atoms with Gasteiger partial charge < -0.3 is 4.74 Å². The summed E-state index contributed by atoms with van der Waals surface area (Å²) in [5.74, 6) is 5.54. The predicted octanol–water partition coefficient (Wildman–Crippen LogP) is 6.83. The first-order valence-electron chi connectivity index (χ1n) is 9.60. The van der Waals surface area contributed by atoms with E-state index in [1.165, 1.54) is 6.07 Å². The molecule has 0 amide bonds. The van der Waals surface area contributed by atoms with Crippen molar-refractivity contribution in [1.29, 1.82) is 0 Å². The van der Waals surface area contributed by atoms with Crippen molar-refractivity contribution in [2.45, 2.75) is 20.0 Å². The maximum absolute atomic E-state index is 13.5. The second-order valence-corrected chi connectivity index (χ2v) is 7.03. The van der Waals surface area contributed by atoms with Gasteiger partial charge in [-0.1, -0.05) is 30.0 Å². The number of hydrogen-bond donors (Lipinski definition) is 0. The van der Waals surface area contributed by atoms with Crippen molar-refractivity contribution in [3.63, 3.8) is 0 Å². The molecule has 4 aromatic rings. The molecule has 2 nitrogen and oxygen atoms in total. The lowest BCUT2D eigenvalue weighted by Crippen LogP contribution is -2.05. The summed E-state index contributed by atoms with van der Waals surface area (Å²) in [6, 6.07) is 19.0. The molecule has 0 aliphatic rings. The number of fused-ring (bicyclic) bond motifs is 2. The lowest BCUT2D eigenvalue weighted by molar-refractivity contribution is -0.00603. The third kappa shape index (κ3) is 4.94. The van der Waals surface area contributed by atoms with Crippen LogP contribution in [0.1, 0.15) is 25.0 Å². The van der Waals surface area contributed by atoms with E-state index in [0.717, 1.165) is 32.9 Å². The molecule has 4 heteroatoms. The normalized spacial score (nSPS) is 10.2. The minimum absolute atomic E-state index is 0.111. The van der Waals surface area contributed by atoms with Gasteiger partial charge in [0.15, 0.2) is 5.75 Å². The Kier molecular flexibility index (Phi) is 6.75. The van der Waals surface area contributed by atoms with Crippen molar-refractivity contribution < 1.29 is 18.6 Å². The zero-order chi connectivity index (χ0) is 22.4. The summed E-state index contributed by atoms with van der Waals surface area (Å²) in [7, 11) is 0. The van der Waals surface area contributed by atoms with Crippen LogP contribution in [0.15, 0.2) is 66.7 Å². The number of ether oxygens (including phenoxy) is 1. The first kappa shape index (κ1) is 21.7. The van der Waals surface area contributed by atoms with Gasteiger partial charge in [-0.15, -0.1) is 12.8 Å². The van der Waals surface area contributed by atoms with Gasteiger partial charge >= 0.3 is 0 Å².